The number of ether oxygens (including phenoxy) is 1. The molecule has 0 atom stereocenters. The number of hydrogen-bond donors (Lipinski definition) is 1. The van der Waals surface area contributed by atoms with E-state index >= 15 is 0 Å². The second kappa shape index (κ2) is 2.96. The standard InChI is InChI=1S/C9H11N3OS/c1-6-8(13-7-4-10-5-7)12-2-3-14-9(12)11-6/h2-3,7,10H,4-5H2,1H3. The Hall–Kier alpha value is -1.07. The van der Waals surface area contributed by atoms with Crippen LogP contribution in [0.3, 0.4) is 0 Å². The minimum Gasteiger partial charge on any atom is -0.471 e. The zero-order chi connectivity index (χ0) is 9.54. The number of nitrogens with zero attached hydrogens (tertiary/aromatic N) is 2. The summed E-state index contributed by atoms with van der Waals surface area (Å²) in [4.78, 5) is 5.43. The van der Waals surface area contributed by atoms with Gasteiger partial charge in [0.1, 0.15) is 11.8 Å². The molecule has 3 heterocycles. The topological polar surface area (TPSA) is 38.6 Å². The average Bonchev–Trinajstić information content (AvgIpc) is 2.59. The molecule has 3 rings (SSSR count). The molecule has 14 heavy (non-hydrogen) atoms. The van der Waals surface area contributed by atoms with Crippen LogP contribution in [0.1, 0.15) is 5.69 Å². The number of aromatic nitrogens is 2. The van der Waals surface area contributed by atoms with Crippen molar-refractivity contribution in [3.63, 3.8) is 0 Å². The first-order valence-corrected chi connectivity index (χ1v) is 5.52. The molecule has 1 N–H and O–H groups in total. The highest BCUT2D eigenvalue weighted by molar-refractivity contribution is 7.15. The van der Waals surface area contributed by atoms with E-state index in [2.05, 4.69) is 10.3 Å². The van der Waals surface area contributed by atoms with Gasteiger partial charge in [-0.15, -0.1) is 11.3 Å². The average molecular weight is 209 g/mol. The Bertz CT molecular complexity index is 458. The van der Waals surface area contributed by atoms with Gasteiger partial charge in [-0.1, -0.05) is 0 Å². The Kier molecular flexibility index (Phi) is 1.75. The number of hydrogen-bond acceptors (Lipinski definition) is 4. The fourth-order valence-electron chi connectivity index (χ4n) is 1.52. The second-order valence-electron chi connectivity index (χ2n) is 3.46. The first kappa shape index (κ1) is 8.26. The van der Waals surface area contributed by atoms with Crippen LogP contribution in [0.15, 0.2) is 11.6 Å². The van der Waals surface area contributed by atoms with Gasteiger partial charge in [-0.3, -0.25) is 4.40 Å². The summed E-state index contributed by atoms with van der Waals surface area (Å²) in [7, 11) is 0. The zero-order valence-electron chi connectivity index (χ0n) is 7.86. The maximum Gasteiger partial charge on any atom is 0.222 e. The molecular weight excluding hydrogens is 198 g/mol. The number of aryl methyl sites for hydroxylation is 1. The van der Waals surface area contributed by atoms with Crippen molar-refractivity contribution in [1.29, 1.82) is 0 Å². The highest BCUT2D eigenvalue weighted by Gasteiger charge is 2.21. The molecule has 0 radical (unpaired) electrons. The lowest BCUT2D eigenvalue weighted by Crippen LogP contribution is -2.50. The number of rotatable bonds is 2. The fourth-order valence-corrected chi connectivity index (χ4v) is 2.27. The van der Waals surface area contributed by atoms with Crippen LogP contribution >= 0.6 is 11.3 Å². The zero-order valence-corrected chi connectivity index (χ0v) is 8.67. The normalized spacial score (nSPS) is 17.2. The van der Waals surface area contributed by atoms with Crippen LogP contribution in [0.25, 0.3) is 4.96 Å². The molecule has 0 spiro atoms. The Morgan fingerprint density at radius 2 is 2.50 bits per heavy atom. The summed E-state index contributed by atoms with van der Waals surface area (Å²) >= 11 is 1.63. The largest absolute Gasteiger partial charge is 0.471 e. The first-order valence-electron chi connectivity index (χ1n) is 4.64. The molecule has 2 aromatic rings. The van der Waals surface area contributed by atoms with Crippen LogP contribution in [-0.2, 0) is 0 Å². The Balaban J connectivity index is 1.99. The molecule has 5 heteroatoms. The van der Waals surface area contributed by atoms with E-state index in [1.54, 1.807) is 11.3 Å². The minimum absolute atomic E-state index is 0.313. The van der Waals surface area contributed by atoms with Gasteiger partial charge in [0.25, 0.3) is 0 Å². The van der Waals surface area contributed by atoms with Gasteiger partial charge in [0.15, 0.2) is 4.96 Å². The smallest absolute Gasteiger partial charge is 0.222 e. The Labute approximate surface area is 85.5 Å². The molecule has 0 amide bonds. The summed E-state index contributed by atoms with van der Waals surface area (Å²) in [6, 6.07) is 0. The van der Waals surface area contributed by atoms with Crippen molar-refractivity contribution < 1.29 is 4.74 Å². The first-order chi connectivity index (χ1) is 6.84. The summed E-state index contributed by atoms with van der Waals surface area (Å²) in [5, 5.41) is 5.20. The van der Waals surface area contributed by atoms with Crippen LogP contribution in [0, 0.1) is 6.92 Å². The van der Waals surface area contributed by atoms with E-state index in [1.807, 2.05) is 22.9 Å². The van der Waals surface area contributed by atoms with Crippen molar-refractivity contribution in [2.45, 2.75) is 13.0 Å². The van der Waals surface area contributed by atoms with Crippen molar-refractivity contribution in [1.82, 2.24) is 14.7 Å². The van der Waals surface area contributed by atoms with Gasteiger partial charge in [-0.05, 0) is 6.92 Å². The van der Waals surface area contributed by atoms with Crippen molar-refractivity contribution in [3.05, 3.63) is 17.3 Å². The lowest BCUT2D eigenvalue weighted by Gasteiger charge is -2.27. The molecule has 0 unspecified atom stereocenters. The third kappa shape index (κ3) is 1.13. The number of thiazole rings is 1. The van der Waals surface area contributed by atoms with Gasteiger partial charge < -0.3 is 10.1 Å². The third-order valence-electron chi connectivity index (χ3n) is 2.40. The van der Waals surface area contributed by atoms with Crippen molar-refractivity contribution >= 4 is 16.3 Å². The van der Waals surface area contributed by atoms with Crippen LogP contribution in [0.4, 0.5) is 0 Å². The van der Waals surface area contributed by atoms with Crippen molar-refractivity contribution in [2.24, 2.45) is 0 Å². The maximum absolute atomic E-state index is 5.84. The van der Waals surface area contributed by atoms with E-state index in [0.29, 0.717) is 6.10 Å². The van der Waals surface area contributed by atoms with Crippen LogP contribution < -0.4 is 10.1 Å². The molecule has 0 aliphatic carbocycles. The highest BCUT2D eigenvalue weighted by atomic mass is 32.1. The summed E-state index contributed by atoms with van der Waals surface area (Å²) < 4.78 is 7.85. The number of imidazole rings is 1. The van der Waals surface area contributed by atoms with E-state index in [4.69, 9.17) is 4.74 Å². The molecule has 0 aromatic carbocycles. The molecule has 0 saturated carbocycles. The molecular formula is C9H11N3OS. The van der Waals surface area contributed by atoms with E-state index < -0.39 is 0 Å². The highest BCUT2D eigenvalue weighted by Crippen LogP contribution is 2.24. The lowest BCUT2D eigenvalue weighted by molar-refractivity contribution is 0.134. The van der Waals surface area contributed by atoms with Gasteiger partial charge >= 0.3 is 0 Å². The second-order valence-corrected chi connectivity index (χ2v) is 4.33. The van der Waals surface area contributed by atoms with Crippen LogP contribution in [-0.4, -0.2) is 28.6 Å². The van der Waals surface area contributed by atoms with Gasteiger partial charge in [0.2, 0.25) is 5.88 Å². The Morgan fingerprint density at radius 1 is 1.64 bits per heavy atom. The van der Waals surface area contributed by atoms with Crippen molar-refractivity contribution in [2.75, 3.05) is 13.1 Å². The monoisotopic (exact) mass is 209 g/mol. The molecule has 0 bridgehead atoms. The molecule has 1 aliphatic rings. The SMILES string of the molecule is Cc1nc2sccn2c1OC1CNC1. The number of nitrogens with one attached hydrogen (secondary N) is 1. The minimum atomic E-state index is 0.313. The fraction of sp³-hybridized carbons (Fsp3) is 0.444. The summed E-state index contributed by atoms with van der Waals surface area (Å²) in [5.41, 5.74) is 0.976. The summed E-state index contributed by atoms with van der Waals surface area (Å²) in [6.07, 6.45) is 2.31. The lowest BCUT2D eigenvalue weighted by atomic mass is 10.2. The predicted octanol–water partition coefficient (Wildman–Crippen LogP) is 1.05. The van der Waals surface area contributed by atoms with Gasteiger partial charge in [-0.25, -0.2) is 4.98 Å². The molecule has 74 valence electrons. The van der Waals surface area contributed by atoms with E-state index in [9.17, 15) is 0 Å². The van der Waals surface area contributed by atoms with E-state index in [1.165, 1.54) is 0 Å². The molecule has 1 saturated heterocycles. The molecule has 4 nitrogen and oxygen atoms in total. The van der Waals surface area contributed by atoms with E-state index in [0.717, 1.165) is 29.6 Å². The third-order valence-corrected chi connectivity index (χ3v) is 3.16. The number of fused-ring (bicyclic) bond motifs is 1. The van der Waals surface area contributed by atoms with Gasteiger partial charge in [-0.2, -0.15) is 0 Å². The van der Waals surface area contributed by atoms with E-state index in [-0.39, 0.29) is 0 Å². The summed E-state index contributed by atoms with van der Waals surface area (Å²) in [5.74, 6) is 0.896. The van der Waals surface area contributed by atoms with Gasteiger partial charge in [0, 0.05) is 24.7 Å². The van der Waals surface area contributed by atoms with Crippen LogP contribution in [0.5, 0.6) is 5.88 Å². The molecule has 2 aromatic heterocycles. The van der Waals surface area contributed by atoms with Crippen molar-refractivity contribution in [3.8, 4) is 5.88 Å². The van der Waals surface area contributed by atoms with Gasteiger partial charge in [0.05, 0.1) is 0 Å². The molecule has 1 fully saturated rings. The molecule has 1 aliphatic heterocycles. The predicted molar refractivity (Wildman–Crippen MR) is 55.1 cm³/mol. The van der Waals surface area contributed by atoms with Crippen LogP contribution in [0.2, 0.25) is 0 Å². The Morgan fingerprint density at radius 3 is 3.21 bits per heavy atom. The maximum atomic E-state index is 5.84. The summed E-state index contributed by atoms with van der Waals surface area (Å²) in [6.45, 7) is 3.87. The quantitative estimate of drug-likeness (QED) is 0.803.